The SMILES string of the molecule is CC[C@@H](C)NC(=O)CSc1nc(=O)[nH]c(C)c1C(=O)OC. The van der Waals surface area contributed by atoms with Crippen LogP contribution in [0.3, 0.4) is 0 Å². The fraction of sp³-hybridized carbons (Fsp3) is 0.538. The van der Waals surface area contributed by atoms with Crippen LogP contribution in [0.2, 0.25) is 0 Å². The Labute approximate surface area is 126 Å². The monoisotopic (exact) mass is 313 g/mol. The van der Waals surface area contributed by atoms with E-state index in [0.717, 1.165) is 18.2 Å². The lowest BCUT2D eigenvalue weighted by atomic mass is 10.2. The average molecular weight is 313 g/mol. The van der Waals surface area contributed by atoms with Crippen LogP contribution >= 0.6 is 11.8 Å². The molecule has 0 radical (unpaired) electrons. The van der Waals surface area contributed by atoms with E-state index in [1.807, 2.05) is 13.8 Å². The van der Waals surface area contributed by atoms with E-state index in [1.54, 1.807) is 6.92 Å². The first kappa shape index (κ1) is 17.2. The summed E-state index contributed by atoms with van der Waals surface area (Å²) < 4.78 is 4.67. The van der Waals surface area contributed by atoms with Crippen LogP contribution in [0, 0.1) is 6.92 Å². The summed E-state index contributed by atoms with van der Waals surface area (Å²) in [7, 11) is 1.25. The Morgan fingerprint density at radius 1 is 1.48 bits per heavy atom. The normalized spacial score (nSPS) is 11.8. The molecule has 1 rings (SSSR count). The summed E-state index contributed by atoms with van der Waals surface area (Å²) in [5.74, 6) is -0.699. The third kappa shape index (κ3) is 4.89. The van der Waals surface area contributed by atoms with Crippen LogP contribution in [0.5, 0.6) is 0 Å². The summed E-state index contributed by atoms with van der Waals surface area (Å²) in [5.41, 5.74) is -0.0184. The van der Waals surface area contributed by atoms with Crippen LogP contribution in [-0.2, 0) is 9.53 Å². The highest BCUT2D eigenvalue weighted by Crippen LogP contribution is 2.21. The van der Waals surface area contributed by atoms with Crippen LogP contribution < -0.4 is 11.0 Å². The first-order valence-corrected chi connectivity index (χ1v) is 7.49. The molecule has 1 amide bonds. The lowest BCUT2D eigenvalue weighted by molar-refractivity contribution is -0.119. The topological polar surface area (TPSA) is 101 Å². The van der Waals surface area contributed by atoms with Gasteiger partial charge in [0.05, 0.1) is 12.9 Å². The number of rotatable bonds is 6. The molecule has 0 unspecified atom stereocenters. The Morgan fingerprint density at radius 2 is 2.14 bits per heavy atom. The molecule has 0 aliphatic rings. The molecule has 0 aromatic carbocycles. The number of hydrogen-bond acceptors (Lipinski definition) is 6. The zero-order valence-electron chi connectivity index (χ0n) is 12.5. The number of carbonyl (C=O) groups excluding carboxylic acids is 2. The van der Waals surface area contributed by atoms with Crippen molar-refractivity contribution < 1.29 is 14.3 Å². The summed E-state index contributed by atoms with van der Waals surface area (Å²) in [4.78, 5) is 41.1. The van der Waals surface area contributed by atoms with Crippen molar-refractivity contribution in [1.82, 2.24) is 15.3 Å². The first-order chi connectivity index (χ1) is 9.88. The van der Waals surface area contributed by atoms with Gasteiger partial charge >= 0.3 is 11.7 Å². The number of esters is 1. The third-order valence-electron chi connectivity index (χ3n) is 2.84. The number of aromatic nitrogens is 2. The number of methoxy groups -OCH3 is 1. The van der Waals surface area contributed by atoms with Crippen molar-refractivity contribution in [2.75, 3.05) is 12.9 Å². The van der Waals surface area contributed by atoms with Crippen molar-refractivity contribution in [3.63, 3.8) is 0 Å². The number of thioether (sulfide) groups is 1. The highest BCUT2D eigenvalue weighted by molar-refractivity contribution is 8.00. The number of aromatic amines is 1. The minimum absolute atomic E-state index is 0.0736. The van der Waals surface area contributed by atoms with Gasteiger partial charge in [0.25, 0.3) is 0 Å². The van der Waals surface area contributed by atoms with Gasteiger partial charge in [-0.15, -0.1) is 0 Å². The summed E-state index contributed by atoms with van der Waals surface area (Å²) in [6.07, 6.45) is 0.826. The summed E-state index contributed by atoms with van der Waals surface area (Å²) in [5, 5.41) is 3.00. The van der Waals surface area contributed by atoms with E-state index < -0.39 is 11.7 Å². The molecule has 8 heteroatoms. The second-order valence-electron chi connectivity index (χ2n) is 4.50. The molecule has 0 spiro atoms. The van der Waals surface area contributed by atoms with E-state index in [9.17, 15) is 14.4 Å². The average Bonchev–Trinajstić information content (AvgIpc) is 2.43. The number of nitrogens with zero attached hydrogens (tertiary/aromatic N) is 1. The van der Waals surface area contributed by atoms with Gasteiger partial charge < -0.3 is 15.0 Å². The number of aryl methyl sites for hydroxylation is 1. The van der Waals surface area contributed by atoms with Gasteiger partial charge in [-0.1, -0.05) is 18.7 Å². The lowest BCUT2D eigenvalue weighted by Crippen LogP contribution is -2.33. The van der Waals surface area contributed by atoms with Gasteiger partial charge in [-0.3, -0.25) is 4.79 Å². The minimum atomic E-state index is -0.596. The Morgan fingerprint density at radius 3 is 2.71 bits per heavy atom. The van der Waals surface area contributed by atoms with Gasteiger partial charge in [0.15, 0.2) is 0 Å². The summed E-state index contributed by atoms with van der Waals surface area (Å²) in [6, 6.07) is 0.0760. The smallest absolute Gasteiger partial charge is 0.346 e. The molecule has 2 N–H and O–H groups in total. The molecular weight excluding hydrogens is 294 g/mol. The van der Waals surface area contributed by atoms with Crippen molar-refractivity contribution in [3.05, 3.63) is 21.7 Å². The van der Waals surface area contributed by atoms with Crippen molar-refractivity contribution in [1.29, 1.82) is 0 Å². The number of amides is 1. The van der Waals surface area contributed by atoms with Crippen LogP contribution in [0.15, 0.2) is 9.82 Å². The van der Waals surface area contributed by atoms with Gasteiger partial charge in [0.2, 0.25) is 5.91 Å². The second-order valence-corrected chi connectivity index (χ2v) is 5.47. The van der Waals surface area contributed by atoms with E-state index in [-0.39, 0.29) is 28.3 Å². The molecule has 7 nitrogen and oxygen atoms in total. The van der Waals surface area contributed by atoms with E-state index in [2.05, 4.69) is 20.0 Å². The fourth-order valence-corrected chi connectivity index (χ4v) is 2.44. The van der Waals surface area contributed by atoms with Gasteiger partial charge in [-0.25, -0.2) is 9.59 Å². The van der Waals surface area contributed by atoms with Gasteiger partial charge in [0, 0.05) is 11.7 Å². The molecule has 1 aromatic rings. The van der Waals surface area contributed by atoms with Crippen LogP contribution in [-0.4, -0.2) is 40.7 Å². The van der Waals surface area contributed by atoms with Crippen molar-refractivity contribution in [3.8, 4) is 0 Å². The highest BCUT2D eigenvalue weighted by Gasteiger charge is 2.19. The zero-order chi connectivity index (χ0) is 16.0. The molecule has 0 fully saturated rings. The second kappa shape index (κ2) is 7.82. The first-order valence-electron chi connectivity index (χ1n) is 6.50. The molecule has 1 aromatic heterocycles. The molecular formula is C13H19N3O4S. The highest BCUT2D eigenvalue weighted by atomic mass is 32.2. The molecule has 0 aliphatic carbocycles. The quantitative estimate of drug-likeness (QED) is 0.459. The van der Waals surface area contributed by atoms with Gasteiger partial charge in [-0.05, 0) is 20.3 Å². The summed E-state index contributed by atoms with van der Waals surface area (Å²) in [6.45, 7) is 5.45. The molecule has 0 bridgehead atoms. The Balaban J connectivity index is 2.90. The third-order valence-corrected chi connectivity index (χ3v) is 3.81. The van der Waals surface area contributed by atoms with Crippen LogP contribution in [0.1, 0.15) is 36.3 Å². The number of H-pyrrole nitrogens is 1. The molecule has 0 saturated carbocycles. The van der Waals surface area contributed by atoms with E-state index in [1.165, 1.54) is 7.11 Å². The van der Waals surface area contributed by atoms with Gasteiger partial charge in [-0.2, -0.15) is 4.98 Å². The van der Waals surface area contributed by atoms with E-state index in [0.29, 0.717) is 5.69 Å². The molecule has 1 atom stereocenters. The van der Waals surface area contributed by atoms with E-state index >= 15 is 0 Å². The van der Waals surface area contributed by atoms with Crippen molar-refractivity contribution in [2.24, 2.45) is 0 Å². The van der Waals surface area contributed by atoms with Gasteiger partial charge in [0.1, 0.15) is 10.6 Å². The van der Waals surface area contributed by atoms with Crippen molar-refractivity contribution in [2.45, 2.75) is 38.3 Å². The largest absolute Gasteiger partial charge is 0.465 e. The molecule has 0 saturated heterocycles. The maximum Gasteiger partial charge on any atom is 0.346 e. The number of ether oxygens (including phenoxy) is 1. The van der Waals surface area contributed by atoms with Crippen molar-refractivity contribution >= 4 is 23.6 Å². The molecule has 21 heavy (non-hydrogen) atoms. The molecule has 0 aliphatic heterocycles. The number of carbonyl (C=O) groups is 2. The maximum absolute atomic E-state index is 11.7. The molecule has 116 valence electrons. The Kier molecular flexibility index (Phi) is 6.41. The lowest BCUT2D eigenvalue weighted by Gasteiger charge is -2.12. The standard InChI is InChI=1S/C13H19N3O4S/c1-5-7(2)14-9(17)6-21-11-10(12(18)20-4)8(3)15-13(19)16-11/h7H,5-6H2,1-4H3,(H,14,17)(H,15,16,19)/t7-/m1/s1. The zero-order valence-corrected chi connectivity index (χ0v) is 13.3. The predicted octanol–water partition coefficient (Wildman–Crippen LogP) is 0.872. The van der Waals surface area contributed by atoms with Crippen LogP contribution in [0.4, 0.5) is 0 Å². The number of hydrogen-bond donors (Lipinski definition) is 2. The fourth-order valence-electron chi connectivity index (χ4n) is 1.56. The van der Waals surface area contributed by atoms with E-state index in [4.69, 9.17) is 0 Å². The summed E-state index contributed by atoms with van der Waals surface area (Å²) >= 11 is 1.04. The number of nitrogens with one attached hydrogen (secondary N) is 2. The Hall–Kier alpha value is -1.83. The minimum Gasteiger partial charge on any atom is -0.465 e. The maximum atomic E-state index is 11.7. The van der Waals surface area contributed by atoms with Crippen LogP contribution in [0.25, 0.3) is 0 Å². The Bertz CT molecular complexity index is 585. The predicted molar refractivity (Wildman–Crippen MR) is 79.6 cm³/mol. The molecule has 1 heterocycles.